The third kappa shape index (κ3) is 4.54. The van der Waals surface area contributed by atoms with Gasteiger partial charge < -0.3 is 19.5 Å². The first-order valence-corrected chi connectivity index (χ1v) is 6.47. The van der Waals surface area contributed by atoms with Crippen molar-refractivity contribution in [3.63, 3.8) is 0 Å². The van der Waals surface area contributed by atoms with E-state index in [1.807, 2.05) is 30.3 Å². The number of amides is 1. The quantitative estimate of drug-likeness (QED) is 0.905. The number of hydrogen-bond acceptors (Lipinski definition) is 4. The molecule has 1 saturated heterocycles. The Bertz CT molecular complexity index is 390. The van der Waals surface area contributed by atoms with Crippen LogP contribution in [0.5, 0.6) is 0 Å². The fourth-order valence-corrected chi connectivity index (χ4v) is 1.81. The third-order valence-electron chi connectivity index (χ3n) is 2.81. The van der Waals surface area contributed by atoms with E-state index in [4.69, 9.17) is 14.2 Å². The summed E-state index contributed by atoms with van der Waals surface area (Å²) in [5.41, 5.74) is 1.03. The summed E-state index contributed by atoms with van der Waals surface area (Å²) in [7, 11) is 0. The standard InChI is InChI=1S/C14H19NO4/c1-11(13-17-8-5-9-18-13)19-14(16)15-10-12-6-3-2-4-7-12/h2-4,6-7,11,13H,5,8-10H2,1H3,(H,15,16)/t11-/m0/s1. The summed E-state index contributed by atoms with van der Waals surface area (Å²) in [5.74, 6) is 0. The Kier molecular flexibility index (Phi) is 5.18. The molecule has 1 heterocycles. The first kappa shape index (κ1) is 13.8. The van der Waals surface area contributed by atoms with Crippen molar-refractivity contribution in [3.05, 3.63) is 35.9 Å². The molecule has 1 aliphatic heterocycles. The van der Waals surface area contributed by atoms with Crippen LogP contribution in [0, 0.1) is 0 Å². The molecule has 0 bridgehead atoms. The number of carbonyl (C=O) groups is 1. The number of benzene rings is 1. The van der Waals surface area contributed by atoms with E-state index in [0.717, 1.165) is 12.0 Å². The molecule has 1 aromatic rings. The molecule has 1 aliphatic rings. The number of hydrogen-bond donors (Lipinski definition) is 1. The zero-order chi connectivity index (χ0) is 13.5. The molecular weight excluding hydrogens is 246 g/mol. The molecule has 5 nitrogen and oxygen atoms in total. The van der Waals surface area contributed by atoms with Gasteiger partial charge in [0, 0.05) is 6.54 Å². The highest BCUT2D eigenvalue weighted by atomic mass is 16.7. The summed E-state index contributed by atoms with van der Waals surface area (Å²) in [6.45, 7) is 3.49. The predicted octanol–water partition coefficient (Wildman–Crippen LogP) is 2.06. The van der Waals surface area contributed by atoms with Gasteiger partial charge >= 0.3 is 6.09 Å². The molecule has 1 N–H and O–H groups in total. The van der Waals surface area contributed by atoms with Gasteiger partial charge in [0.25, 0.3) is 0 Å². The van der Waals surface area contributed by atoms with Gasteiger partial charge in [-0.25, -0.2) is 4.79 Å². The highest BCUT2D eigenvalue weighted by Gasteiger charge is 2.24. The summed E-state index contributed by atoms with van der Waals surface area (Å²) in [6, 6.07) is 9.67. The van der Waals surface area contributed by atoms with Crippen molar-refractivity contribution in [2.45, 2.75) is 32.3 Å². The van der Waals surface area contributed by atoms with Crippen LogP contribution in [0.1, 0.15) is 18.9 Å². The van der Waals surface area contributed by atoms with E-state index < -0.39 is 18.5 Å². The van der Waals surface area contributed by atoms with Crippen LogP contribution >= 0.6 is 0 Å². The van der Waals surface area contributed by atoms with Gasteiger partial charge in [-0.05, 0) is 18.9 Å². The molecule has 0 aromatic heterocycles. The van der Waals surface area contributed by atoms with Crippen molar-refractivity contribution in [3.8, 4) is 0 Å². The maximum Gasteiger partial charge on any atom is 0.407 e. The fourth-order valence-electron chi connectivity index (χ4n) is 1.81. The maximum absolute atomic E-state index is 11.6. The molecule has 19 heavy (non-hydrogen) atoms. The van der Waals surface area contributed by atoms with Crippen LogP contribution in [-0.2, 0) is 20.8 Å². The Hall–Kier alpha value is -1.59. The Balaban J connectivity index is 1.71. The van der Waals surface area contributed by atoms with E-state index in [-0.39, 0.29) is 0 Å². The largest absolute Gasteiger partial charge is 0.441 e. The smallest absolute Gasteiger partial charge is 0.407 e. The molecule has 104 valence electrons. The molecule has 0 spiro atoms. The number of alkyl carbamates (subject to hydrolysis) is 1. The molecule has 0 unspecified atom stereocenters. The molecular formula is C14H19NO4. The van der Waals surface area contributed by atoms with Crippen molar-refractivity contribution < 1.29 is 19.0 Å². The van der Waals surface area contributed by atoms with Crippen molar-refractivity contribution in [1.82, 2.24) is 5.32 Å². The Morgan fingerprint density at radius 3 is 2.74 bits per heavy atom. The number of ether oxygens (including phenoxy) is 3. The lowest BCUT2D eigenvalue weighted by molar-refractivity contribution is -0.218. The fraction of sp³-hybridized carbons (Fsp3) is 0.500. The minimum absolute atomic E-state index is 0.420. The zero-order valence-corrected chi connectivity index (χ0v) is 11.0. The van der Waals surface area contributed by atoms with Gasteiger partial charge in [-0.2, -0.15) is 0 Å². The first-order chi connectivity index (χ1) is 9.25. The van der Waals surface area contributed by atoms with Crippen LogP contribution < -0.4 is 5.32 Å². The van der Waals surface area contributed by atoms with Crippen LogP contribution in [0.15, 0.2) is 30.3 Å². The number of carbonyl (C=O) groups excluding carboxylic acids is 1. The van der Waals surface area contributed by atoms with Crippen LogP contribution in [0.2, 0.25) is 0 Å². The minimum Gasteiger partial charge on any atom is -0.441 e. The van der Waals surface area contributed by atoms with Crippen LogP contribution in [0.4, 0.5) is 4.79 Å². The maximum atomic E-state index is 11.6. The lowest BCUT2D eigenvalue weighted by atomic mass is 10.2. The van der Waals surface area contributed by atoms with Crippen LogP contribution in [0.25, 0.3) is 0 Å². The van der Waals surface area contributed by atoms with E-state index in [0.29, 0.717) is 19.8 Å². The molecule has 1 aromatic carbocycles. The topological polar surface area (TPSA) is 56.8 Å². The van der Waals surface area contributed by atoms with Crippen molar-refractivity contribution in [2.75, 3.05) is 13.2 Å². The van der Waals surface area contributed by atoms with E-state index >= 15 is 0 Å². The Morgan fingerprint density at radius 1 is 1.37 bits per heavy atom. The zero-order valence-electron chi connectivity index (χ0n) is 11.0. The summed E-state index contributed by atoms with van der Waals surface area (Å²) in [4.78, 5) is 11.6. The summed E-state index contributed by atoms with van der Waals surface area (Å²) >= 11 is 0. The van der Waals surface area contributed by atoms with Crippen LogP contribution in [-0.4, -0.2) is 31.7 Å². The Labute approximate surface area is 112 Å². The summed E-state index contributed by atoms with van der Waals surface area (Å²) in [5, 5.41) is 2.70. The first-order valence-electron chi connectivity index (χ1n) is 6.47. The van der Waals surface area contributed by atoms with E-state index in [1.165, 1.54) is 0 Å². The average molecular weight is 265 g/mol. The molecule has 2 rings (SSSR count). The van der Waals surface area contributed by atoms with E-state index in [9.17, 15) is 4.79 Å². The van der Waals surface area contributed by atoms with E-state index in [2.05, 4.69) is 5.32 Å². The highest BCUT2D eigenvalue weighted by molar-refractivity contribution is 5.67. The second kappa shape index (κ2) is 7.11. The monoisotopic (exact) mass is 265 g/mol. The molecule has 1 atom stereocenters. The third-order valence-corrected chi connectivity index (χ3v) is 2.81. The average Bonchev–Trinajstić information content (AvgIpc) is 2.47. The molecule has 0 aliphatic carbocycles. The normalized spacial score (nSPS) is 17.7. The summed E-state index contributed by atoms with van der Waals surface area (Å²) < 4.78 is 16.0. The second-order valence-corrected chi connectivity index (χ2v) is 4.41. The molecule has 0 saturated carbocycles. The molecule has 1 fully saturated rings. The molecule has 5 heteroatoms. The van der Waals surface area contributed by atoms with Gasteiger partial charge in [-0.15, -0.1) is 0 Å². The lowest BCUT2D eigenvalue weighted by Gasteiger charge is -2.27. The number of nitrogens with one attached hydrogen (secondary N) is 1. The minimum atomic E-state index is -0.464. The molecule has 0 radical (unpaired) electrons. The van der Waals surface area contributed by atoms with Gasteiger partial charge in [0.1, 0.15) is 0 Å². The lowest BCUT2D eigenvalue weighted by Crippen LogP contribution is -2.39. The Morgan fingerprint density at radius 2 is 2.05 bits per heavy atom. The number of rotatable bonds is 4. The van der Waals surface area contributed by atoms with Crippen LogP contribution in [0.3, 0.4) is 0 Å². The van der Waals surface area contributed by atoms with Gasteiger partial charge in [0.2, 0.25) is 0 Å². The van der Waals surface area contributed by atoms with Crippen molar-refractivity contribution >= 4 is 6.09 Å². The predicted molar refractivity (Wildman–Crippen MR) is 69.5 cm³/mol. The van der Waals surface area contributed by atoms with Gasteiger partial charge in [-0.3, -0.25) is 0 Å². The van der Waals surface area contributed by atoms with E-state index in [1.54, 1.807) is 6.92 Å². The SMILES string of the molecule is C[C@H](OC(=O)NCc1ccccc1)C1OCCCO1. The molecule has 1 amide bonds. The van der Waals surface area contributed by atoms with Gasteiger partial charge in [0.15, 0.2) is 12.4 Å². The van der Waals surface area contributed by atoms with Crippen molar-refractivity contribution in [2.24, 2.45) is 0 Å². The summed E-state index contributed by atoms with van der Waals surface area (Å²) in [6.07, 6.45) is -0.468. The van der Waals surface area contributed by atoms with Crippen molar-refractivity contribution in [1.29, 1.82) is 0 Å². The highest BCUT2D eigenvalue weighted by Crippen LogP contribution is 2.11. The second-order valence-electron chi connectivity index (χ2n) is 4.41. The van der Waals surface area contributed by atoms with Gasteiger partial charge in [0.05, 0.1) is 13.2 Å². The van der Waals surface area contributed by atoms with Gasteiger partial charge in [-0.1, -0.05) is 30.3 Å².